The first kappa shape index (κ1) is 29.3. The van der Waals surface area contributed by atoms with Crippen molar-refractivity contribution in [1.29, 1.82) is 0 Å². The van der Waals surface area contributed by atoms with Gasteiger partial charge in [0.25, 0.3) is 21.8 Å². The maximum Gasteiger partial charge on any atom is 0.264 e. The van der Waals surface area contributed by atoms with Gasteiger partial charge in [0, 0.05) is 0 Å². The van der Waals surface area contributed by atoms with Crippen molar-refractivity contribution in [1.82, 2.24) is 5.32 Å². The Balaban J connectivity index is 1.47. The molecule has 0 bridgehead atoms. The molecule has 0 fully saturated rings. The molecule has 216 valence electrons. The molecule has 0 saturated carbocycles. The van der Waals surface area contributed by atoms with Gasteiger partial charge >= 0.3 is 0 Å². The van der Waals surface area contributed by atoms with E-state index in [9.17, 15) is 18.0 Å². The minimum absolute atomic E-state index is 0.0126. The van der Waals surface area contributed by atoms with Gasteiger partial charge in [0.05, 0.1) is 40.0 Å². The molecule has 0 aliphatic carbocycles. The Hall–Kier alpha value is -5.21. The summed E-state index contributed by atoms with van der Waals surface area (Å²) in [6.45, 7) is 1.90. The average molecular weight is 590 g/mol. The van der Waals surface area contributed by atoms with Crippen molar-refractivity contribution in [3.8, 4) is 0 Å². The van der Waals surface area contributed by atoms with Crippen LogP contribution in [0.3, 0.4) is 0 Å². The highest BCUT2D eigenvalue weighted by molar-refractivity contribution is 7.92. The molecule has 2 N–H and O–H groups in total. The van der Waals surface area contributed by atoms with Gasteiger partial charge in [-0.2, -0.15) is 0 Å². The van der Waals surface area contributed by atoms with Gasteiger partial charge in [0.15, 0.2) is 0 Å². The highest BCUT2D eigenvalue weighted by atomic mass is 32.2. The van der Waals surface area contributed by atoms with Gasteiger partial charge in [-0.1, -0.05) is 103 Å². The number of para-hydroxylation sites is 2. The molecule has 0 spiro atoms. The van der Waals surface area contributed by atoms with Crippen LogP contribution in [-0.2, 0) is 16.6 Å². The van der Waals surface area contributed by atoms with Crippen molar-refractivity contribution < 1.29 is 18.0 Å². The largest absolute Gasteiger partial charge is 0.345 e. The number of carbonyl (C=O) groups excluding carboxylic acids is 2. The molecule has 5 rings (SSSR count). The number of anilines is 2. The fraction of sp³-hybridized carbons (Fsp3) is 0.0857. The van der Waals surface area contributed by atoms with E-state index in [1.54, 1.807) is 66.7 Å². The third-order valence-electron chi connectivity index (χ3n) is 6.98. The van der Waals surface area contributed by atoms with Gasteiger partial charge in [-0.3, -0.25) is 13.9 Å². The first-order chi connectivity index (χ1) is 20.8. The summed E-state index contributed by atoms with van der Waals surface area (Å²) in [4.78, 5) is 27.2. The lowest BCUT2D eigenvalue weighted by atomic mass is 10.1. The van der Waals surface area contributed by atoms with Crippen LogP contribution in [-0.4, -0.2) is 20.2 Å². The fourth-order valence-electron chi connectivity index (χ4n) is 4.73. The molecule has 0 aliphatic rings. The zero-order valence-electron chi connectivity index (χ0n) is 23.6. The summed E-state index contributed by atoms with van der Waals surface area (Å²) < 4.78 is 29.2. The molecular weight excluding hydrogens is 558 g/mol. The maximum absolute atomic E-state index is 14.0. The van der Waals surface area contributed by atoms with Crippen molar-refractivity contribution in [2.24, 2.45) is 0 Å². The van der Waals surface area contributed by atoms with E-state index in [4.69, 9.17) is 0 Å². The van der Waals surface area contributed by atoms with Crippen LogP contribution in [0.2, 0.25) is 0 Å². The molecule has 2 amide bonds. The lowest BCUT2D eigenvalue weighted by molar-refractivity contribution is 0.0940. The van der Waals surface area contributed by atoms with E-state index < -0.39 is 15.9 Å². The lowest BCUT2D eigenvalue weighted by Gasteiger charge is -2.27. The van der Waals surface area contributed by atoms with Crippen LogP contribution < -0.4 is 14.9 Å². The molecule has 43 heavy (non-hydrogen) atoms. The summed E-state index contributed by atoms with van der Waals surface area (Å²) in [5.41, 5.74) is 2.66. The van der Waals surface area contributed by atoms with Gasteiger partial charge < -0.3 is 10.6 Å². The summed E-state index contributed by atoms with van der Waals surface area (Å²) in [6, 6.07) is 39.9. The molecule has 5 aromatic carbocycles. The van der Waals surface area contributed by atoms with Gasteiger partial charge in [0.2, 0.25) is 0 Å². The SMILES string of the molecule is CC(NC(=O)c1ccccc1NC(=O)c1ccccc1N(Cc1ccccc1)S(=O)(=O)c1ccccc1)c1ccccc1. The Morgan fingerprint density at radius 2 is 1.19 bits per heavy atom. The summed E-state index contributed by atoms with van der Waals surface area (Å²) in [7, 11) is -4.05. The van der Waals surface area contributed by atoms with Crippen LogP contribution in [0.15, 0.2) is 144 Å². The Labute approximate surface area is 251 Å². The van der Waals surface area contributed by atoms with Crippen LogP contribution >= 0.6 is 0 Å². The Bertz CT molecular complexity index is 1810. The molecular formula is C35H31N3O4S. The Morgan fingerprint density at radius 3 is 1.86 bits per heavy atom. The van der Waals surface area contributed by atoms with Crippen LogP contribution in [0.1, 0.15) is 44.8 Å². The summed E-state index contributed by atoms with van der Waals surface area (Å²) in [5.74, 6) is -0.897. The molecule has 0 heterocycles. The number of sulfonamides is 1. The monoisotopic (exact) mass is 589 g/mol. The van der Waals surface area contributed by atoms with E-state index in [1.165, 1.54) is 16.4 Å². The van der Waals surface area contributed by atoms with Crippen molar-refractivity contribution in [3.05, 3.63) is 162 Å². The molecule has 1 unspecified atom stereocenters. The number of nitrogens with zero attached hydrogens (tertiary/aromatic N) is 1. The molecule has 1 atom stereocenters. The van der Waals surface area contributed by atoms with Crippen molar-refractivity contribution in [3.63, 3.8) is 0 Å². The third kappa shape index (κ3) is 6.82. The standard InChI is InChI=1S/C35H31N3O4S/c1-26(28-17-7-3-8-18-28)36-34(39)30-21-11-13-23-32(30)37-35(40)31-22-12-14-24-33(31)38(25-27-15-5-2-6-16-27)43(41,42)29-19-9-4-10-20-29/h2-24,26H,25H2,1H3,(H,36,39)(H,37,40). The summed E-state index contributed by atoms with van der Waals surface area (Å²) in [5, 5.41) is 5.83. The molecule has 0 radical (unpaired) electrons. The average Bonchev–Trinajstić information content (AvgIpc) is 3.05. The zero-order chi connectivity index (χ0) is 30.2. The number of hydrogen-bond donors (Lipinski definition) is 2. The molecule has 5 aromatic rings. The second-order valence-corrected chi connectivity index (χ2v) is 11.8. The predicted octanol–water partition coefficient (Wildman–Crippen LogP) is 6.83. The first-order valence-electron chi connectivity index (χ1n) is 13.8. The molecule has 7 nitrogen and oxygen atoms in total. The maximum atomic E-state index is 14.0. The Morgan fingerprint density at radius 1 is 0.651 bits per heavy atom. The number of nitrogens with one attached hydrogen (secondary N) is 2. The summed E-state index contributed by atoms with van der Waals surface area (Å²) in [6.07, 6.45) is 0. The molecule has 0 saturated heterocycles. The van der Waals surface area contributed by atoms with E-state index in [1.807, 2.05) is 67.6 Å². The van der Waals surface area contributed by atoms with Crippen molar-refractivity contribution in [2.45, 2.75) is 24.4 Å². The van der Waals surface area contributed by atoms with E-state index in [-0.39, 0.29) is 40.2 Å². The quantitative estimate of drug-likeness (QED) is 0.187. The van der Waals surface area contributed by atoms with Gasteiger partial charge in [-0.05, 0) is 54.4 Å². The van der Waals surface area contributed by atoms with E-state index >= 15 is 0 Å². The third-order valence-corrected chi connectivity index (χ3v) is 8.76. The first-order valence-corrected chi connectivity index (χ1v) is 15.3. The van der Waals surface area contributed by atoms with Crippen LogP contribution in [0, 0.1) is 0 Å². The molecule has 8 heteroatoms. The number of rotatable bonds is 10. The number of hydrogen-bond acceptors (Lipinski definition) is 4. The minimum Gasteiger partial charge on any atom is -0.345 e. The van der Waals surface area contributed by atoms with Gasteiger partial charge in [-0.25, -0.2) is 8.42 Å². The topological polar surface area (TPSA) is 95.6 Å². The normalized spacial score (nSPS) is 11.7. The zero-order valence-corrected chi connectivity index (χ0v) is 24.4. The number of carbonyl (C=O) groups is 2. The van der Waals surface area contributed by atoms with Crippen LogP contribution in [0.5, 0.6) is 0 Å². The fourth-order valence-corrected chi connectivity index (χ4v) is 6.22. The Kier molecular flexibility index (Phi) is 8.98. The van der Waals surface area contributed by atoms with E-state index in [2.05, 4.69) is 10.6 Å². The van der Waals surface area contributed by atoms with Gasteiger partial charge in [-0.15, -0.1) is 0 Å². The van der Waals surface area contributed by atoms with Crippen LogP contribution in [0.25, 0.3) is 0 Å². The summed E-state index contributed by atoms with van der Waals surface area (Å²) >= 11 is 0. The van der Waals surface area contributed by atoms with E-state index in [0.29, 0.717) is 5.69 Å². The van der Waals surface area contributed by atoms with Gasteiger partial charge in [0.1, 0.15) is 0 Å². The number of amides is 2. The molecule has 0 aliphatic heterocycles. The van der Waals surface area contributed by atoms with E-state index in [0.717, 1.165) is 11.1 Å². The molecule has 0 aromatic heterocycles. The van der Waals surface area contributed by atoms with Crippen molar-refractivity contribution >= 4 is 33.2 Å². The second-order valence-electron chi connectivity index (χ2n) is 9.93. The highest BCUT2D eigenvalue weighted by Gasteiger charge is 2.29. The number of benzene rings is 5. The second kappa shape index (κ2) is 13.2. The van der Waals surface area contributed by atoms with Crippen LogP contribution in [0.4, 0.5) is 11.4 Å². The lowest BCUT2D eigenvalue weighted by Crippen LogP contribution is -2.32. The minimum atomic E-state index is -4.05. The van der Waals surface area contributed by atoms with Crippen molar-refractivity contribution in [2.75, 3.05) is 9.62 Å². The highest BCUT2D eigenvalue weighted by Crippen LogP contribution is 2.30. The predicted molar refractivity (Wildman–Crippen MR) is 169 cm³/mol. The smallest absolute Gasteiger partial charge is 0.264 e.